The Labute approximate surface area is 166 Å². The fraction of sp³-hybridized carbons (Fsp3) is 0.520. The van der Waals surface area contributed by atoms with Crippen LogP contribution in [0.25, 0.3) is 0 Å². The lowest BCUT2D eigenvalue weighted by atomic mass is 9.86. The van der Waals surface area contributed by atoms with Gasteiger partial charge in [-0.2, -0.15) is 0 Å². The first-order chi connectivity index (χ1) is 12.7. The van der Waals surface area contributed by atoms with Gasteiger partial charge in [0, 0.05) is 24.3 Å². The molecule has 0 N–H and O–H groups in total. The number of ether oxygens (including phenoxy) is 1. The molecule has 0 saturated heterocycles. The molecule has 0 radical (unpaired) electrons. The van der Waals surface area contributed by atoms with E-state index in [-0.39, 0.29) is 11.8 Å². The van der Waals surface area contributed by atoms with E-state index in [1.807, 2.05) is 18.2 Å². The van der Waals surface area contributed by atoms with Gasteiger partial charge in [0.1, 0.15) is 11.3 Å². The van der Waals surface area contributed by atoms with Crippen LogP contribution in [0, 0.1) is 11.8 Å². The molecule has 2 nitrogen and oxygen atoms in total. The lowest BCUT2D eigenvalue weighted by molar-refractivity contribution is -1.02. The average molecular weight is 369 g/mol. The Balaban J connectivity index is 2.54. The zero-order chi connectivity index (χ0) is 20.1. The second kappa shape index (κ2) is 8.93. The summed E-state index contributed by atoms with van der Waals surface area (Å²) in [4.78, 5) is 0. The van der Waals surface area contributed by atoms with Crippen LogP contribution in [0.5, 0.6) is 5.75 Å². The molecular formula is C25H38NO+. The first-order valence-electron chi connectivity index (χ1n) is 10.3. The van der Waals surface area contributed by atoms with Gasteiger partial charge in [-0.25, -0.2) is 0 Å². The van der Waals surface area contributed by atoms with Crippen molar-refractivity contribution in [2.24, 2.45) is 11.8 Å². The number of nitrogens with zero attached hydrogens (tertiary/aromatic N) is 1. The van der Waals surface area contributed by atoms with Crippen LogP contribution >= 0.6 is 0 Å². The van der Waals surface area contributed by atoms with Crippen molar-refractivity contribution in [2.45, 2.75) is 60.2 Å². The molecule has 2 heteroatoms. The van der Waals surface area contributed by atoms with Gasteiger partial charge in [-0.05, 0) is 26.0 Å². The Hall–Kier alpha value is -1.80. The van der Waals surface area contributed by atoms with E-state index in [0.29, 0.717) is 11.8 Å². The summed E-state index contributed by atoms with van der Waals surface area (Å²) in [5.74, 6) is 2.10. The Kier molecular flexibility index (Phi) is 7.11. The molecule has 2 aromatic rings. The van der Waals surface area contributed by atoms with Gasteiger partial charge in [0.15, 0.2) is 0 Å². The highest BCUT2D eigenvalue weighted by Crippen LogP contribution is 2.40. The van der Waals surface area contributed by atoms with Crippen molar-refractivity contribution in [3.63, 3.8) is 0 Å². The summed E-state index contributed by atoms with van der Waals surface area (Å²) >= 11 is 0. The monoisotopic (exact) mass is 368 g/mol. The van der Waals surface area contributed by atoms with Crippen LogP contribution in [0.3, 0.4) is 0 Å². The van der Waals surface area contributed by atoms with Gasteiger partial charge in [-0.1, -0.05) is 76.2 Å². The van der Waals surface area contributed by atoms with E-state index in [1.165, 1.54) is 5.56 Å². The lowest BCUT2D eigenvalue weighted by Crippen LogP contribution is -2.68. The SMILES string of the molecule is CC(C)C[N+](CC(C)C)(C(C)Oc1ccccc1)C(C)(C)c1ccccc1. The number of hydrogen-bond donors (Lipinski definition) is 0. The maximum Gasteiger partial charge on any atom is 0.231 e. The van der Waals surface area contributed by atoms with Gasteiger partial charge in [-0.3, -0.25) is 4.48 Å². The third-order valence-electron chi connectivity index (χ3n) is 5.72. The minimum Gasteiger partial charge on any atom is -0.443 e. The summed E-state index contributed by atoms with van der Waals surface area (Å²) in [6.07, 6.45) is 0.0485. The van der Waals surface area contributed by atoms with Crippen molar-refractivity contribution < 1.29 is 9.22 Å². The smallest absolute Gasteiger partial charge is 0.231 e. The van der Waals surface area contributed by atoms with Crippen LogP contribution in [0.4, 0.5) is 0 Å². The summed E-state index contributed by atoms with van der Waals surface area (Å²) in [5, 5.41) is 0. The highest BCUT2D eigenvalue weighted by atomic mass is 16.5. The van der Waals surface area contributed by atoms with E-state index in [4.69, 9.17) is 4.74 Å². The van der Waals surface area contributed by atoms with Gasteiger partial charge >= 0.3 is 0 Å². The summed E-state index contributed by atoms with van der Waals surface area (Å²) in [7, 11) is 0. The molecule has 0 aromatic heterocycles. The fourth-order valence-corrected chi connectivity index (χ4v) is 4.49. The lowest BCUT2D eigenvalue weighted by Gasteiger charge is -2.55. The Morgan fingerprint density at radius 1 is 0.741 bits per heavy atom. The van der Waals surface area contributed by atoms with E-state index < -0.39 is 0 Å². The molecule has 0 aliphatic carbocycles. The molecule has 0 amide bonds. The summed E-state index contributed by atoms with van der Waals surface area (Å²) in [6, 6.07) is 21.2. The van der Waals surface area contributed by atoms with Gasteiger partial charge < -0.3 is 4.74 Å². The number of hydrogen-bond acceptors (Lipinski definition) is 1. The molecule has 0 aliphatic rings. The van der Waals surface area contributed by atoms with E-state index in [9.17, 15) is 0 Å². The molecule has 1 unspecified atom stereocenters. The molecular weight excluding hydrogens is 330 g/mol. The molecule has 0 saturated carbocycles. The van der Waals surface area contributed by atoms with Crippen LogP contribution < -0.4 is 4.74 Å². The predicted octanol–water partition coefficient (Wildman–Crippen LogP) is 6.48. The van der Waals surface area contributed by atoms with Crippen molar-refractivity contribution in [3.05, 3.63) is 66.2 Å². The van der Waals surface area contributed by atoms with Gasteiger partial charge in [-0.15, -0.1) is 0 Å². The van der Waals surface area contributed by atoms with Crippen LogP contribution in [0.1, 0.15) is 54.0 Å². The largest absolute Gasteiger partial charge is 0.443 e. The Bertz CT molecular complexity index is 666. The highest BCUT2D eigenvalue weighted by Gasteiger charge is 2.50. The standard InChI is InChI=1S/C25H38NO/c1-20(2)18-26(19-21(3)4,22(5)27-24-16-12-9-13-17-24)25(6,7)23-14-10-8-11-15-23/h8-17,20-22H,18-19H2,1-7H3/q+1. The van der Waals surface area contributed by atoms with Crippen LogP contribution in [-0.4, -0.2) is 23.8 Å². The molecule has 2 rings (SSSR count). The fourth-order valence-electron chi connectivity index (χ4n) is 4.49. The zero-order valence-electron chi connectivity index (χ0n) is 18.3. The van der Waals surface area contributed by atoms with Gasteiger partial charge in [0.05, 0.1) is 13.1 Å². The van der Waals surface area contributed by atoms with Crippen molar-refractivity contribution in [1.29, 1.82) is 0 Å². The molecule has 2 aromatic carbocycles. The molecule has 148 valence electrons. The molecule has 0 bridgehead atoms. The zero-order valence-corrected chi connectivity index (χ0v) is 18.3. The second-order valence-electron chi connectivity index (χ2n) is 9.14. The Morgan fingerprint density at radius 2 is 1.19 bits per heavy atom. The highest BCUT2D eigenvalue weighted by molar-refractivity contribution is 5.22. The summed E-state index contributed by atoms with van der Waals surface area (Å²) in [6.45, 7) is 18.5. The Morgan fingerprint density at radius 3 is 1.63 bits per heavy atom. The predicted molar refractivity (Wildman–Crippen MR) is 116 cm³/mol. The molecule has 0 aliphatic heterocycles. The van der Waals surface area contributed by atoms with E-state index >= 15 is 0 Å². The quantitative estimate of drug-likeness (QED) is 0.364. The van der Waals surface area contributed by atoms with E-state index in [2.05, 4.69) is 90.9 Å². The molecule has 1 atom stereocenters. The average Bonchev–Trinajstić information content (AvgIpc) is 2.61. The van der Waals surface area contributed by atoms with E-state index in [0.717, 1.165) is 23.3 Å². The maximum atomic E-state index is 6.56. The van der Waals surface area contributed by atoms with Crippen molar-refractivity contribution in [3.8, 4) is 5.75 Å². The third kappa shape index (κ3) is 4.93. The van der Waals surface area contributed by atoms with Crippen molar-refractivity contribution in [2.75, 3.05) is 13.1 Å². The first kappa shape index (κ1) is 21.5. The van der Waals surface area contributed by atoms with E-state index in [1.54, 1.807) is 0 Å². The summed E-state index contributed by atoms with van der Waals surface area (Å²) in [5.41, 5.74) is 1.30. The molecule has 0 spiro atoms. The summed E-state index contributed by atoms with van der Waals surface area (Å²) < 4.78 is 7.47. The topological polar surface area (TPSA) is 9.23 Å². The number of rotatable bonds is 9. The minimum absolute atomic E-state index is 0.0485. The van der Waals surface area contributed by atoms with Crippen LogP contribution in [0.15, 0.2) is 60.7 Å². The molecule has 0 heterocycles. The molecule has 0 fully saturated rings. The second-order valence-corrected chi connectivity index (χ2v) is 9.14. The van der Waals surface area contributed by atoms with Gasteiger partial charge in [0.25, 0.3) is 0 Å². The first-order valence-corrected chi connectivity index (χ1v) is 10.3. The van der Waals surface area contributed by atoms with Gasteiger partial charge in [0.2, 0.25) is 6.23 Å². The van der Waals surface area contributed by atoms with Crippen LogP contribution in [-0.2, 0) is 5.54 Å². The number of quaternary nitrogens is 1. The van der Waals surface area contributed by atoms with Crippen LogP contribution in [0.2, 0.25) is 0 Å². The minimum atomic E-state index is -0.0655. The maximum absolute atomic E-state index is 6.56. The third-order valence-corrected chi connectivity index (χ3v) is 5.72. The van der Waals surface area contributed by atoms with Crippen molar-refractivity contribution >= 4 is 0 Å². The number of para-hydroxylation sites is 1. The normalized spacial score (nSPS) is 13.8. The number of benzene rings is 2. The van der Waals surface area contributed by atoms with Crippen molar-refractivity contribution in [1.82, 2.24) is 0 Å². The molecule has 27 heavy (non-hydrogen) atoms.